The van der Waals surface area contributed by atoms with Crippen molar-refractivity contribution >= 4 is 17.1 Å². The molecule has 1 heteroatoms. The summed E-state index contributed by atoms with van der Waals surface area (Å²) in [5, 5.41) is 0. The highest BCUT2D eigenvalue weighted by molar-refractivity contribution is 5.98. The fourth-order valence-electron chi connectivity index (χ4n) is 12.5. The van der Waals surface area contributed by atoms with E-state index in [0.29, 0.717) is 0 Å². The molecule has 312 valence electrons. The normalized spacial score (nSPS) is 14.9. The third-order valence-electron chi connectivity index (χ3n) is 15.2. The van der Waals surface area contributed by atoms with Gasteiger partial charge in [0, 0.05) is 22.4 Å². The zero-order chi connectivity index (χ0) is 44.0. The van der Waals surface area contributed by atoms with E-state index < -0.39 is 10.8 Å². The van der Waals surface area contributed by atoms with Gasteiger partial charge < -0.3 is 4.90 Å². The van der Waals surface area contributed by atoms with Crippen LogP contribution in [0.4, 0.5) is 17.1 Å². The summed E-state index contributed by atoms with van der Waals surface area (Å²) in [7, 11) is 0. The van der Waals surface area contributed by atoms with Crippen LogP contribution in [0, 0.1) is 0 Å². The van der Waals surface area contributed by atoms with Gasteiger partial charge in [0.1, 0.15) is 0 Å². The highest BCUT2D eigenvalue weighted by Crippen LogP contribution is 2.64. The molecule has 66 heavy (non-hydrogen) atoms. The minimum absolute atomic E-state index is 0.170. The molecule has 13 rings (SSSR count). The molecule has 0 unspecified atom stereocenters. The molecular weight excluding hydrogens is 795 g/mol. The second-order valence-electron chi connectivity index (χ2n) is 18.7. The van der Waals surface area contributed by atoms with E-state index in [2.05, 4.69) is 267 Å². The Balaban J connectivity index is 1.07. The molecule has 3 aliphatic carbocycles. The third-order valence-corrected chi connectivity index (χ3v) is 15.2. The van der Waals surface area contributed by atoms with Gasteiger partial charge in [-0.2, -0.15) is 0 Å². The van der Waals surface area contributed by atoms with Crippen molar-refractivity contribution in [3.05, 3.63) is 304 Å². The van der Waals surface area contributed by atoms with Gasteiger partial charge in [0.05, 0.1) is 16.5 Å². The Labute approximate surface area is 388 Å². The van der Waals surface area contributed by atoms with Crippen LogP contribution in [0.3, 0.4) is 0 Å². The van der Waals surface area contributed by atoms with Crippen LogP contribution in [-0.4, -0.2) is 0 Å². The lowest BCUT2D eigenvalue weighted by Gasteiger charge is -2.46. The molecule has 1 spiro atoms. The molecule has 0 radical (unpaired) electrons. The average molecular weight is 842 g/mol. The van der Waals surface area contributed by atoms with Crippen molar-refractivity contribution in [2.45, 2.75) is 30.1 Å². The molecule has 0 amide bonds. The van der Waals surface area contributed by atoms with Crippen LogP contribution < -0.4 is 4.90 Å². The van der Waals surface area contributed by atoms with E-state index in [4.69, 9.17) is 0 Å². The van der Waals surface area contributed by atoms with E-state index in [9.17, 15) is 0 Å². The number of hydrogen-bond donors (Lipinski definition) is 0. The van der Waals surface area contributed by atoms with Crippen LogP contribution in [0.1, 0.15) is 69.5 Å². The zero-order valence-corrected chi connectivity index (χ0v) is 37.1. The summed E-state index contributed by atoms with van der Waals surface area (Å²) >= 11 is 0. The highest BCUT2D eigenvalue weighted by atomic mass is 15.1. The number of benzene rings is 10. The predicted molar refractivity (Wildman–Crippen MR) is 273 cm³/mol. The van der Waals surface area contributed by atoms with Crippen LogP contribution in [0.25, 0.3) is 33.4 Å². The van der Waals surface area contributed by atoms with Crippen molar-refractivity contribution in [3.63, 3.8) is 0 Å². The van der Waals surface area contributed by atoms with Gasteiger partial charge in [0.2, 0.25) is 0 Å². The standard InChI is InChI=1S/C65H47N/c1-63(2)56-33-15-17-35-58(56)65(59-36-18-16-34-57(59)63)55-32-14-11-29-52(55)62-60(65)37-20-38-61(62)66(49-26-19-23-45(43-49)44-21-5-3-6-22-44)48-41-39-47(40-42-48)64(46-24-7-4-8-25-46)53-30-12-9-27-50(53)51-28-10-13-31-54(51)64/h3-43H,1-2H3. The average Bonchev–Trinajstić information content (AvgIpc) is 3.86. The highest BCUT2D eigenvalue weighted by Gasteiger charge is 2.54. The van der Waals surface area contributed by atoms with Gasteiger partial charge in [-0.1, -0.05) is 232 Å². The molecule has 10 aromatic rings. The minimum Gasteiger partial charge on any atom is -0.310 e. The van der Waals surface area contributed by atoms with Gasteiger partial charge >= 0.3 is 0 Å². The lowest BCUT2D eigenvalue weighted by atomic mass is 9.55. The fourth-order valence-corrected chi connectivity index (χ4v) is 12.5. The van der Waals surface area contributed by atoms with Gasteiger partial charge in [-0.3, -0.25) is 0 Å². The quantitative estimate of drug-likeness (QED) is 0.161. The summed E-state index contributed by atoms with van der Waals surface area (Å²) in [6, 6.07) is 93.1. The molecule has 0 fully saturated rings. The first-order valence-corrected chi connectivity index (χ1v) is 23.3. The van der Waals surface area contributed by atoms with E-state index in [1.807, 2.05) is 0 Å². The van der Waals surface area contributed by atoms with Crippen molar-refractivity contribution in [2.75, 3.05) is 4.90 Å². The topological polar surface area (TPSA) is 3.24 Å². The van der Waals surface area contributed by atoms with Crippen LogP contribution in [-0.2, 0) is 16.2 Å². The number of hydrogen-bond acceptors (Lipinski definition) is 1. The van der Waals surface area contributed by atoms with Crippen LogP contribution in [0.15, 0.2) is 249 Å². The van der Waals surface area contributed by atoms with E-state index in [1.54, 1.807) is 0 Å². The maximum Gasteiger partial charge on any atom is 0.0720 e. The van der Waals surface area contributed by atoms with Gasteiger partial charge in [-0.15, -0.1) is 0 Å². The van der Waals surface area contributed by atoms with Crippen molar-refractivity contribution in [2.24, 2.45) is 0 Å². The molecule has 0 bridgehead atoms. The second kappa shape index (κ2) is 14.5. The summed E-state index contributed by atoms with van der Waals surface area (Å²) < 4.78 is 0. The second-order valence-corrected chi connectivity index (χ2v) is 18.7. The molecule has 1 nitrogen and oxygen atoms in total. The first-order valence-electron chi connectivity index (χ1n) is 23.3. The van der Waals surface area contributed by atoms with E-state index in [-0.39, 0.29) is 5.41 Å². The molecule has 0 aromatic heterocycles. The molecule has 0 saturated carbocycles. The lowest BCUT2D eigenvalue weighted by molar-refractivity contribution is 0.563. The number of rotatable bonds is 6. The predicted octanol–water partition coefficient (Wildman–Crippen LogP) is 16.2. The Morgan fingerprint density at radius 2 is 0.727 bits per heavy atom. The lowest BCUT2D eigenvalue weighted by Crippen LogP contribution is -2.40. The van der Waals surface area contributed by atoms with Crippen LogP contribution in [0.5, 0.6) is 0 Å². The summed E-state index contributed by atoms with van der Waals surface area (Å²) in [6.45, 7) is 4.79. The molecule has 0 saturated heterocycles. The maximum absolute atomic E-state index is 2.52. The minimum atomic E-state index is -0.503. The molecular formula is C65H47N. The van der Waals surface area contributed by atoms with Crippen molar-refractivity contribution in [3.8, 4) is 33.4 Å². The molecule has 0 heterocycles. The van der Waals surface area contributed by atoms with E-state index in [1.165, 1.54) is 89.0 Å². The number of nitrogens with zero attached hydrogens (tertiary/aromatic N) is 1. The van der Waals surface area contributed by atoms with Crippen LogP contribution >= 0.6 is 0 Å². The Hall–Kier alpha value is -8.00. The van der Waals surface area contributed by atoms with E-state index >= 15 is 0 Å². The van der Waals surface area contributed by atoms with E-state index in [0.717, 1.165) is 17.1 Å². The summed E-state index contributed by atoms with van der Waals surface area (Å²) in [6.07, 6.45) is 0. The monoisotopic (exact) mass is 841 g/mol. The Morgan fingerprint density at radius 3 is 1.33 bits per heavy atom. The third kappa shape index (κ3) is 5.17. The molecule has 0 aliphatic heterocycles. The Bertz CT molecular complexity index is 3410. The Morgan fingerprint density at radius 1 is 0.288 bits per heavy atom. The Kier molecular flexibility index (Phi) is 8.45. The largest absolute Gasteiger partial charge is 0.310 e. The van der Waals surface area contributed by atoms with Crippen LogP contribution in [0.2, 0.25) is 0 Å². The summed E-state index contributed by atoms with van der Waals surface area (Å²) in [5.41, 5.74) is 23.0. The maximum atomic E-state index is 2.52. The summed E-state index contributed by atoms with van der Waals surface area (Å²) in [4.78, 5) is 2.52. The van der Waals surface area contributed by atoms with Crippen molar-refractivity contribution in [1.29, 1.82) is 0 Å². The van der Waals surface area contributed by atoms with Gasteiger partial charge in [0.25, 0.3) is 0 Å². The van der Waals surface area contributed by atoms with Crippen molar-refractivity contribution < 1.29 is 0 Å². The first-order chi connectivity index (χ1) is 32.5. The zero-order valence-electron chi connectivity index (χ0n) is 37.1. The summed E-state index contributed by atoms with van der Waals surface area (Å²) in [5.74, 6) is 0. The first kappa shape index (κ1) is 38.5. The van der Waals surface area contributed by atoms with Gasteiger partial charge in [-0.05, 0) is 114 Å². The molecule has 3 aliphatic rings. The molecule has 10 aromatic carbocycles. The molecule has 0 N–H and O–H groups in total. The SMILES string of the molecule is CC1(C)c2ccccc2C2(c3ccccc3-c3c(N(c4ccc(C5(c6ccccc6)c6ccccc6-c6ccccc65)cc4)c4cccc(-c5ccccc5)c4)cccc32)c2ccccc21. The van der Waals surface area contributed by atoms with Crippen molar-refractivity contribution in [1.82, 2.24) is 0 Å². The smallest absolute Gasteiger partial charge is 0.0720 e. The number of anilines is 3. The fraction of sp³-hybridized carbons (Fsp3) is 0.0769. The van der Waals surface area contributed by atoms with Gasteiger partial charge in [0.15, 0.2) is 0 Å². The number of fused-ring (bicyclic) bond motifs is 12. The molecule has 0 atom stereocenters. The van der Waals surface area contributed by atoms with Gasteiger partial charge in [-0.25, -0.2) is 0 Å².